The highest BCUT2D eigenvalue weighted by molar-refractivity contribution is 7.74. The highest BCUT2D eigenvalue weighted by Crippen LogP contribution is 2.49. The molecular formula is C13H18N3O4P. The summed E-state index contributed by atoms with van der Waals surface area (Å²) >= 11 is 0. The monoisotopic (exact) mass is 311 g/mol. The molecule has 7 nitrogen and oxygen atoms in total. The number of hydrogen-bond donors (Lipinski definition) is 0. The number of anilines is 1. The smallest absolute Gasteiger partial charge is 0.360 e. The molecule has 1 aromatic carbocycles. The molecule has 114 valence electrons. The summed E-state index contributed by atoms with van der Waals surface area (Å²) in [6.07, 6.45) is 0. The number of carbonyl (C=O) groups is 1. The zero-order chi connectivity index (χ0) is 15.9. The molecule has 0 aromatic heterocycles. The van der Waals surface area contributed by atoms with E-state index in [0.29, 0.717) is 5.69 Å². The van der Waals surface area contributed by atoms with E-state index in [1.165, 1.54) is 11.9 Å². The molecule has 0 unspecified atom stereocenters. The van der Waals surface area contributed by atoms with Crippen LogP contribution in [0, 0.1) is 0 Å². The Bertz CT molecular complexity index is 574. The van der Waals surface area contributed by atoms with E-state index in [0.717, 1.165) is 0 Å². The van der Waals surface area contributed by atoms with E-state index in [-0.39, 0.29) is 13.2 Å². The fraction of sp³-hybridized carbons (Fsp3) is 0.385. The lowest BCUT2D eigenvalue weighted by Gasteiger charge is -2.17. The molecule has 0 bridgehead atoms. The van der Waals surface area contributed by atoms with Gasteiger partial charge in [-0.2, -0.15) is 4.79 Å². The first-order chi connectivity index (χ1) is 10.00. The molecule has 0 aliphatic heterocycles. The van der Waals surface area contributed by atoms with E-state index in [1.54, 1.807) is 44.2 Å². The minimum atomic E-state index is -3.95. The standard InChI is InChI=1S/C13H18N3O4P/c1-4-19-21(18,20-5-2)12(15-14)13(17)16(3)11-9-7-6-8-10-11/h6-10H,4-5H2,1-3H3. The summed E-state index contributed by atoms with van der Waals surface area (Å²) in [4.78, 5) is 16.4. The number of rotatable bonds is 7. The van der Waals surface area contributed by atoms with Gasteiger partial charge in [0.05, 0.1) is 13.2 Å². The zero-order valence-electron chi connectivity index (χ0n) is 12.2. The molecule has 0 aliphatic rings. The first-order valence-corrected chi connectivity index (χ1v) is 7.99. The first-order valence-electron chi connectivity index (χ1n) is 6.45. The Hall–Kier alpha value is -1.78. The van der Waals surface area contributed by atoms with E-state index in [9.17, 15) is 9.36 Å². The van der Waals surface area contributed by atoms with Crippen LogP contribution in [0.1, 0.15) is 13.8 Å². The first kappa shape index (κ1) is 17.3. The lowest BCUT2D eigenvalue weighted by atomic mass is 10.3. The average Bonchev–Trinajstić information content (AvgIpc) is 2.48. The predicted octanol–water partition coefficient (Wildman–Crippen LogP) is 2.54. The molecule has 0 saturated carbocycles. The van der Waals surface area contributed by atoms with Crippen LogP contribution in [0.15, 0.2) is 30.3 Å². The van der Waals surface area contributed by atoms with Gasteiger partial charge >= 0.3 is 19.0 Å². The second kappa shape index (κ2) is 7.86. The Kier molecular flexibility index (Phi) is 6.46. The SMILES string of the molecule is CCOP(=O)(OCC)C(=[N+]=[N-])C(=O)N(C)c1ccccc1. The molecule has 0 heterocycles. The van der Waals surface area contributed by atoms with Crippen molar-refractivity contribution in [1.82, 2.24) is 0 Å². The zero-order valence-corrected chi connectivity index (χ0v) is 13.1. The van der Waals surface area contributed by atoms with Gasteiger partial charge in [0.15, 0.2) is 0 Å². The summed E-state index contributed by atoms with van der Waals surface area (Å²) in [5, 5.41) is 0. The van der Waals surface area contributed by atoms with Crippen molar-refractivity contribution in [2.75, 3.05) is 25.2 Å². The molecule has 0 saturated heterocycles. The fourth-order valence-corrected chi connectivity index (χ4v) is 3.13. The molecular weight excluding hydrogens is 293 g/mol. The summed E-state index contributed by atoms with van der Waals surface area (Å²) in [5.74, 6) is -0.756. The summed E-state index contributed by atoms with van der Waals surface area (Å²) in [6.45, 7) is 3.31. The van der Waals surface area contributed by atoms with Gasteiger partial charge in [0.25, 0.3) is 0 Å². The van der Waals surface area contributed by atoms with Crippen LogP contribution in [0.25, 0.3) is 5.53 Å². The van der Waals surface area contributed by atoms with Crippen molar-refractivity contribution in [2.24, 2.45) is 0 Å². The maximum absolute atomic E-state index is 12.5. The predicted molar refractivity (Wildman–Crippen MR) is 79.3 cm³/mol. The second-order valence-electron chi connectivity index (χ2n) is 3.96. The summed E-state index contributed by atoms with van der Waals surface area (Å²) < 4.78 is 22.6. The molecule has 0 atom stereocenters. The topological polar surface area (TPSA) is 92.2 Å². The van der Waals surface area contributed by atoms with Crippen molar-refractivity contribution < 1.29 is 23.2 Å². The Morgan fingerprint density at radius 3 is 2.19 bits per heavy atom. The van der Waals surface area contributed by atoms with E-state index in [4.69, 9.17) is 14.6 Å². The van der Waals surface area contributed by atoms with E-state index in [2.05, 4.69) is 4.79 Å². The van der Waals surface area contributed by atoms with Crippen molar-refractivity contribution >= 4 is 24.6 Å². The largest absolute Gasteiger partial charge is 0.465 e. The second-order valence-corrected chi connectivity index (χ2v) is 5.89. The molecule has 0 aliphatic carbocycles. The summed E-state index contributed by atoms with van der Waals surface area (Å²) in [5.41, 5.74) is 9.01. The van der Waals surface area contributed by atoms with Crippen LogP contribution in [0.3, 0.4) is 0 Å². The van der Waals surface area contributed by atoms with Gasteiger partial charge in [0.2, 0.25) is 0 Å². The quantitative estimate of drug-likeness (QED) is 0.335. The third kappa shape index (κ3) is 4.09. The molecule has 1 amide bonds. The Labute approximate surface area is 123 Å². The number of hydrogen-bond acceptors (Lipinski definition) is 4. The van der Waals surface area contributed by atoms with Crippen LogP contribution >= 0.6 is 7.60 Å². The molecule has 0 N–H and O–H groups in total. The maximum Gasteiger partial charge on any atom is 0.465 e. The Balaban J connectivity index is 3.12. The van der Waals surface area contributed by atoms with Crippen LogP contribution in [0.5, 0.6) is 0 Å². The van der Waals surface area contributed by atoms with Gasteiger partial charge in [-0.05, 0) is 26.0 Å². The minimum absolute atomic E-state index is 0.0542. The molecule has 8 heteroatoms. The molecule has 0 radical (unpaired) electrons. The molecule has 21 heavy (non-hydrogen) atoms. The van der Waals surface area contributed by atoms with Gasteiger partial charge in [-0.1, -0.05) is 18.2 Å². The highest BCUT2D eigenvalue weighted by Gasteiger charge is 2.47. The van der Waals surface area contributed by atoms with Gasteiger partial charge in [-0.3, -0.25) is 4.79 Å². The number of nitrogens with zero attached hydrogens (tertiary/aromatic N) is 3. The highest BCUT2D eigenvalue weighted by atomic mass is 31.2. The van der Waals surface area contributed by atoms with Gasteiger partial charge < -0.3 is 19.5 Å². The molecule has 0 spiro atoms. The van der Waals surface area contributed by atoms with Crippen LogP contribution in [0.2, 0.25) is 0 Å². The number of para-hydroxylation sites is 1. The number of amides is 1. The van der Waals surface area contributed by atoms with Crippen molar-refractivity contribution in [1.29, 1.82) is 0 Å². The van der Waals surface area contributed by atoms with Crippen LogP contribution in [-0.4, -0.2) is 36.4 Å². The van der Waals surface area contributed by atoms with Gasteiger partial charge in [0.1, 0.15) is 0 Å². The van der Waals surface area contributed by atoms with Gasteiger partial charge in [-0.15, -0.1) is 0 Å². The lowest BCUT2D eigenvalue weighted by molar-refractivity contribution is -0.116. The Morgan fingerprint density at radius 1 is 1.24 bits per heavy atom. The third-order valence-electron chi connectivity index (χ3n) is 2.59. The average molecular weight is 311 g/mol. The van der Waals surface area contributed by atoms with Crippen LogP contribution in [0.4, 0.5) is 5.69 Å². The number of carbonyl (C=O) groups excluding carboxylic acids is 1. The van der Waals surface area contributed by atoms with E-state index < -0.39 is 19.0 Å². The fourth-order valence-electron chi connectivity index (χ4n) is 1.63. The van der Waals surface area contributed by atoms with Gasteiger partial charge in [-0.25, -0.2) is 4.57 Å². The lowest BCUT2D eigenvalue weighted by Crippen LogP contribution is -2.34. The maximum atomic E-state index is 12.5. The third-order valence-corrected chi connectivity index (χ3v) is 4.59. The van der Waals surface area contributed by atoms with E-state index >= 15 is 0 Å². The van der Waals surface area contributed by atoms with E-state index in [1.807, 2.05) is 0 Å². The van der Waals surface area contributed by atoms with Crippen LogP contribution < -0.4 is 4.90 Å². The molecule has 0 fully saturated rings. The van der Waals surface area contributed by atoms with Crippen LogP contribution in [-0.2, 0) is 18.4 Å². The van der Waals surface area contributed by atoms with Gasteiger partial charge in [0, 0.05) is 12.7 Å². The van der Waals surface area contributed by atoms with Crippen molar-refractivity contribution in [3.8, 4) is 0 Å². The molecule has 1 aromatic rings. The van der Waals surface area contributed by atoms with Crippen molar-refractivity contribution in [2.45, 2.75) is 13.8 Å². The Morgan fingerprint density at radius 2 is 1.76 bits per heavy atom. The van der Waals surface area contributed by atoms with Crippen molar-refractivity contribution in [3.63, 3.8) is 0 Å². The van der Waals surface area contributed by atoms with Crippen molar-refractivity contribution in [3.05, 3.63) is 35.9 Å². The summed E-state index contributed by atoms with van der Waals surface area (Å²) in [6, 6.07) is 8.69. The minimum Gasteiger partial charge on any atom is -0.360 e. The molecule has 1 rings (SSSR count). The normalized spacial score (nSPS) is 10.8. The summed E-state index contributed by atoms with van der Waals surface area (Å²) in [7, 11) is -2.47. The number of benzene rings is 1.